The fourth-order valence-corrected chi connectivity index (χ4v) is 1.39. The van der Waals surface area contributed by atoms with Crippen LogP contribution in [0.25, 0.3) is 10.9 Å². The van der Waals surface area contributed by atoms with Crippen LogP contribution in [0.4, 0.5) is 0 Å². The van der Waals surface area contributed by atoms with Crippen LogP contribution in [0.15, 0.2) is 30.5 Å². The van der Waals surface area contributed by atoms with Crippen molar-refractivity contribution in [1.29, 1.82) is 0 Å². The van der Waals surface area contributed by atoms with Crippen molar-refractivity contribution in [2.75, 3.05) is 6.61 Å². The molecule has 0 saturated carbocycles. The van der Waals surface area contributed by atoms with Gasteiger partial charge in [-0.2, -0.15) is 0 Å². The van der Waals surface area contributed by atoms with Gasteiger partial charge in [-0.25, -0.2) is 0 Å². The molecule has 0 spiro atoms. The highest BCUT2D eigenvalue weighted by Gasteiger charge is 2.03. The number of aliphatic hydroxyl groups is 1. The minimum Gasteiger partial charge on any atom is -0.490 e. The lowest BCUT2D eigenvalue weighted by atomic mass is 10.2. The molecule has 0 amide bonds. The van der Waals surface area contributed by atoms with Gasteiger partial charge in [-0.15, -0.1) is 0 Å². The van der Waals surface area contributed by atoms with Crippen LogP contribution in [-0.4, -0.2) is 22.8 Å². The average molecular weight is 191 g/mol. The van der Waals surface area contributed by atoms with Crippen LogP contribution >= 0.6 is 0 Å². The molecule has 1 atom stereocenters. The molecule has 0 radical (unpaired) electrons. The Morgan fingerprint density at radius 3 is 3.07 bits per heavy atom. The molecule has 74 valence electrons. The first kappa shape index (κ1) is 9.09. The third-order valence-corrected chi connectivity index (χ3v) is 2.03. The third-order valence-electron chi connectivity index (χ3n) is 2.03. The lowest BCUT2D eigenvalue weighted by Crippen LogP contribution is -2.12. The van der Waals surface area contributed by atoms with Crippen molar-refractivity contribution in [3.63, 3.8) is 0 Å². The molecule has 1 aromatic carbocycles. The second-order valence-electron chi connectivity index (χ2n) is 3.36. The van der Waals surface area contributed by atoms with Crippen LogP contribution < -0.4 is 4.74 Å². The van der Waals surface area contributed by atoms with Crippen LogP contribution in [0.5, 0.6) is 5.75 Å². The normalized spacial score (nSPS) is 13.0. The Morgan fingerprint density at radius 2 is 2.29 bits per heavy atom. The van der Waals surface area contributed by atoms with Gasteiger partial charge in [-0.1, -0.05) is 6.07 Å². The molecule has 0 saturated heterocycles. The Hall–Kier alpha value is -1.48. The summed E-state index contributed by atoms with van der Waals surface area (Å²) in [6.45, 7) is 2.03. The number of aliphatic hydroxyl groups excluding tert-OH is 1. The van der Waals surface area contributed by atoms with Gasteiger partial charge < -0.3 is 14.8 Å². The zero-order chi connectivity index (χ0) is 9.97. The molecule has 1 aromatic heterocycles. The minimum atomic E-state index is -0.441. The Balaban J connectivity index is 2.27. The van der Waals surface area contributed by atoms with Crippen molar-refractivity contribution in [2.24, 2.45) is 0 Å². The Morgan fingerprint density at radius 1 is 1.43 bits per heavy atom. The molecule has 3 heteroatoms. The summed E-state index contributed by atoms with van der Waals surface area (Å²) in [5.41, 5.74) is 1.05. The van der Waals surface area contributed by atoms with Gasteiger partial charge in [0.2, 0.25) is 0 Å². The summed E-state index contributed by atoms with van der Waals surface area (Å²) in [5.74, 6) is 0.810. The van der Waals surface area contributed by atoms with Crippen molar-refractivity contribution in [3.05, 3.63) is 30.5 Å². The molecule has 0 bridgehead atoms. The van der Waals surface area contributed by atoms with Crippen LogP contribution in [0.2, 0.25) is 0 Å². The largest absolute Gasteiger partial charge is 0.490 e. The van der Waals surface area contributed by atoms with Gasteiger partial charge in [0.15, 0.2) is 0 Å². The van der Waals surface area contributed by atoms with Gasteiger partial charge in [0.1, 0.15) is 12.4 Å². The maximum absolute atomic E-state index is 9.10. The van der Waals surface area contributed by atoms with Gasteiger partial charge in [0, 0.05) is 17.1 Å². The lowest BCUT2D eigenvalue weighted by Gasteiger charge is -2.08. The molecular weight excluding hydrogens is 178 g/mol. The maximum atomic E-state index is 9.10. The lowest BCUT2D eigenvalue weighted by molar-refractivity contribution is 0.123. The number of fused-ring (bicyclic) bond motifs is 1. The monoisotopic (exact) mass is 191 g/mol. The molecule has 1 heterocycles. The SMILES string of the molecule is CC(O)COc1cccc2[nH]ccc12. The van der Waals surface area contributed by atoms with Crippen LogP contribution in [-0.2, 0) is 0 Å². The van der Waals surface area contributed by atoms with Crippen molar-refractivity contribution >= 4 is 10.9 Å². The summed E-state index contributed by atoms with van der Waals surface area (Å²) >= 11 is 0. The van der Waals surface area contributed by atoms with Gasteiger partial charge in [0.25, 0.3) is 0 Å². The molecule has 2 aromatic rings. The zero-order valence-electron chi connectivity index (χ0n) is 8.03. The Bertz CT molecular complexity index is 420. The molecule has 0 aliphatic carbocycles. The van der Waals surface area contributed by atoms with Crippen molar-refractivity contribution in [3.8, 4) is 5.75 Å². The highest BCUT2D eigenvalue weighted by atomic mass is 16.5. The van der Waals surface area contributed by atoms with E-state index in [0.717, 1.165) is 16.7 Å². The standard InChI is InChI=1S/C11H13NO2/c1-8(13)7-14-11-4-2-3-10-9(11)5-6-12-10/h2-6,8,12-13H,7H2,1H3. The quantitative estimate of drug-likeness (QED) is 0.778. The van der Waals surface area contributed by atoms with Gasteiger partial charge in [0.05, 0.1) is 6.10 Å². The summed E-state index contributed by atoms with van der Waals surface area (Å²) in [4.78, 5) is 3.11. The molecule has 2 N–H and O–H groups in total. The van der Waals surface area contributed by atoms with E-state index in [2.05, 4.69) is 4.98 Å². The van der Waals surface area contributed by atoms with E-state index in [4.69, 9.17) is 9.84 Å². The number of hydrogen-bond donors (Lipinski definition) is 2. The third kappa shape index (κ3) is 1.72. The van der Waals surface area contributed by atoms with E-state index in [-0.39, 0.29) is 0 Å². The first-order valence-corrected chi connectivity index (χ1v) is 4.64. The van der Waals surface area contributed by atoms with Gasteiger partial charge in [-0.3, -0.25) is 0 Å². The van der Waals surface area contributed by atoms with Crippen molar-refractivity contribution in [2.45, 2.75) is 13.0 Å². The smallest absolute Gasteiger partial charge is 0.128 e. The fraction of sp³-hybridized carbons (Fsp3) is 0.273. The van der Waals surface area contributed by atoms with Crippen molar-refractivity contribution < 1.29 is 9.84 Å². The molecular formula is C11H13NO2. The number of H-pyrrole nitrogens is 1. The average Bonchev–Trinajstić information content (AvgIpc) is 2.62. The molecule has 0 aliphatic heterocycles. The second kappa shape index (κ2) is 3.72. The highest BCUT2D eigenvalue weighted by molar-refractivity contribution is 5.85. The summed E-state index contributed by atoms with van der Waals surface area (Å²) in [6, 6.07) is 7.78. The second-order valence-corrected chi connectivity index (χ2v) is 3.36. The number of benzene rings is 1. The molecule has 0 fully saturated rings. The number of aromatic nitrogens is 1. The van der Waals surface area contributed by atoms with Gasteiger partial charge in [-0.05, 0) is 25.1 Å². The first-order chi connectivity index (χ1) is 6.77. The summed E-state index contributed by atoms with van der Waals surface area (Å²) < 4.78 is 5.47. The molecule has 1 unspecified atom stereocenters. The topological polar surface area (TPSA) is 45.2 Å². The Labute approximate surface area is 82.3 Å². The zero-order valence-corrected chi connectivity index (χ0v) is 8.03. The van der Waals surface area contributed by atoms with E-state index in [1.165, 1.54) is 0 Å². The highest BCUT2D eigenvalue weighted by Crippen LogP contribution is 2.24. The predicted octanol–water partition coefficient (Wildman–Crippen LogP) is 1.93. The van der Waals surface area contributed by atoms with Crippen LogP contribution in [0.3, 0.4) is 0 Å². The Kier molecular flexibility index (Phi) is 2.41. The van der Waals surface area contributed by atoms with E-state index in [0.29, 0.717) is 6.61 Å². The van der Waals surface area contributed by atoms with E-state index in [1.54, 1.807) is 6.92 Å². The summed E-state index contributed by atoms with van der Waals surface area (Å²) in [7, 11) is 0. The number of ether oxygens (including phenoxy) is 1. The minimum absolute atomic E-state index is 0.324. The van der Waals surface area contributed by atoms with Crippen LogP contribution in [0.1, 0.15) is 6.92 Å². The summed E-state index contributed by atoms with van der Waals surface area (Å²) in [5, 5.41) is 10.2. The number of hydrogen-bond acceptors (Lipinski definition) is 2. The predicted molar refractivity (Wildman–Crippen MR) is 55.5 cm³/mol. The molecule has 14 heavy (non-hydrogen) atoms. The van der Waals surface area contributed by atoms with E-state index >= 15 is 0 Å². The van der Waals surface area contributed by atoms with Crippen molar-refractivity contribution in [1.82, 2.24) is 4.98 Å². The van der Waals surface area contributed by atoms with Gasteiger partial charge >= 0.3 is 0 Å². The maximum Gasteiger partial charge on any atom is 0.128 e. The summed E-state index contributed by atoms with van der Waals surface area (Å²) in [6.07, 6.45) is 1.43. The molecule has 3 nitrogen and oxygen atoms in total. The first-order valence-electron chi connectivity index (χ1n) is 4.64. The van der Waals surface area contributed by atoms with E-state index in [9.17, 15) is 0 Å². The molecule has 0 aliphatic rings. The van der Waals surface area contributed by atoms with Crippen LogP contribution in [0, 0.1) is 0 Å². The van der Waals surface area contributed by atoms with E-state index < -0.39 is 6.10 Å². The molecule has 2 rings (SSSR count). The van der Waals surface area contributed by atoms with E-state index in [1.807, 2.05) is 30.5 Å². The number of aromatic amines is 1. The number of rotatable bonds is 3. The fourth-order valence-electron chi connectivity index (χ4n) is 1.39. The number of nitrogens with one attached hydrogen (secondary N) is 1.